The van der Waals surface area contributed by atoms with Gasteiger partial charge in [0, 0.05) is 18.2 Å². The highest BCUT2D eigenvalue weighted by Gasteiger charge is 2.08. The summed E-state index contributed by atoms with van der Waals surface area (Å²) in [7, 11) is 0. The average molecular weight is 427 g/mol. The maximum absolute atomic E-state index is 6.07. The summed E-state index contributed by atoms with van der Waals surface area (Å²) in [4.78, 5) is 0. The zero-order chi connectivity index (χ0) is 22.9. The Morgan fingerprint density at radius 2 is 0.562 bits per heavy atom. The van der Waals surface area contributed by atoms with Crippen LogP contribution in [0.5, 0.6) is 34.5 Å². The van der Waals surface area contributed by atoms with E-state index >= 15 is 0 Å². The van der Waals surface area contributed by atoms with Gasteiger partial charge in [0.25, 0.3) is 0 Å². The molecule has 0 spiro atoms. The van der Waals surface area contributed by atoms with Crippen LogP contribution in [0.1, 0.15) is 30.5 Å². The first-order valence-corrected chi connectivity index (χ1v) is 10.9. The minimum absolute atomic E-state index is 0.644. The Bertz CT molecular complexity index is 954. The van der Waals surface area contributed by atoms with Gasteiger partial charge in [0.05, 0.1) is 0 Å². The fourth-order valence-corrected chi connectivity index (χ4v) is 2.95. The van der Waals surface area contributed by atoms with Crippen LogP contribution in [0.3, 0.4) is 0 Å². The van der Waals surface area contributed by atoms with Gasteiger partial charge in [0.15, 0.2) is 0 Å². The van der Waals surface area contributed by atoms with Gasteiger partial charge in [-0.1, -0.05) is 66.9 Å². The van der Waals surface area contributed by atoms with Crippen molar-refractivity contribution in [1.82, 2.24) is 0 Å². The Morgan fingerprint density at radius 1 is 0.344 bits per heavy atom. The average Bonchev–Trinajstić information content (AvgIpc) is 2.80. The number of rotatable bonds is 6. The molecule has 0 aliphatic rings. The van der Waals surface area contributed by atoms with Gasteiger partial charge in [-0.05, 0) is 57.2 Å². The van der Waals surface area contributed by atoms with Gasteiger partial charge in [-0.3, -0.25) is 0 Å². The van der Waals surface area contributed by atoms with Crippen molar-refractivity contribution in [2.24, 2.45) is 0 Å². The third kappa shape index (κ3) is 6.64. The lowest BCUT2D eigenvalue weighted by molar-refractivity contribution is 0.439. The molecule has 0 atom stereocenters. The summed E-state index contributed by atoms with van der Waals surface area (Å²) >= 11 is 0. The Hall–Kier alpha value is -3.72. The van der Waals surface area contributed by atoms with E-state index in [1.807, 2.05) is 126 Å². The van der Waals surface area contributed by atoms with Crippen LogP contribution in [0, 0.1) is 20.8 Å². The van der Waals surface area contributed by atoms with E-state index in [-0.39, 0.29) is 0 Å². The lowest BCUT2D eigenvalue weighted by atomic mass is 10.2. The minimum atomic E-state index is 0.644. The molecular formula is C29H30O3. The van der Waals surface area contributed by atoms with Crippen molar-refractivity contribution in [3.05, 3.63) is 108 Å². The summed E-state index contributed by atoms with van der Waals surface area (Å²) in [6.07, 6.45) is 0. The van der Waals surface area contributed by atoms with E-state index in [1.54, 1.807) is 0 Å². The normalized spacial score (nSPS) is 10.0. The summed E-state index contributed by atoms with van der Waals surface area (Å²) < 4.78 is 18.2. The van der Waals surface area contributed by atoms with Crippen molar-refractivity contribution >= 4 is 0 Å². The van der Waals surface area contributed by atoms with E-state index in [9.17, 15) is 0 Å². The highest BCUT2D eigenvalue weighted by Crippen LogP contribution is 2.35. The quantitative estimate of drug-likeness (QED) is 0.308. The lowest BCUT2D eigenvalue weighted by Crippen LogP contribution is -1.91. The van der Waals surface area contributed by atoms with E-state index in [2.05, 4.69) is 0 Å². The second-order valence-electron chi connectivity index (χ2n) is 7.39. The number of benzene rings is 4. The monoisotopic (exact) mass is 426 g/mol. The summed E-state index contributed by atoms with van der Waals surface area (Å²) in [6.45, 7) is 10.1. The maximum Gasteiger partial charge on any atom is 0.134 e. The number of aryl methyl sites for hydroxylation is 3. The van der Waals surface area contributed by atoms with Crippen molar-refractivity contribution in [3.63, 3.8) is 0 Å². The fraction of sp³-hybridized carbons (Fsp3) is 0.172. The van der Waals surface area contributed by atoms with Crippen LogP contribution in [0.15, 0.2) is 91.0 Å². The van der Waals surface area contributed by atoms with Crippen molar-refractivity contribution in [2.75, 3.05) is 0 Å². The molecule has 0 radical (unpaired) electrons. The molecule has 0 saturated heterocycles. The van der Waals surface area contributed by atoms with Gasteiger partial charge < -0.3 is 14.2 Å². The minimum Gasteiger partial charge on any atom is -0.457 e. The van der Waals surface area contributed by atoms with Gasteiger partial charge in [0.1, 0.15) is 34.5 Å². The van der Waals surface area contributed by atoms with Gasteiger partial charge in [-0.15, -0.1) is 0 Å². The van der Waals surface area contributed by atoms with Gasteiger partial charge in [0.2, 0.25) is 0 Å². The Labute approximate surface area is 191 Å². The van der Waals surface area contributed by atoms with Crippen molar-refractivity contribution in [1.29, 1.82) is 0 Å². The number of hydrogen-bond acceptors (Lipinski definition) is 3. The third-order valence-corrected chi connectivity index (χ3v) is 4.62. The highest BCUT2D eigenvalue weighted by molar-refractivity contribution is 5.47. The first kappa shape index (κ1) is 23.0. The van der Waals surface area contributed by atoms with E-state index in [0.29, 0.717) is 17.2 Å². The molecule has 4 aromatic carbocycles. The van der Waals surface area contributed by atoms with Crippen LogP contribution in [0.25, 0.3) is 0 Å². The molecule has 0 heterocycles. The van der Waals surface area contributed by atoms with Gasteiger partial charge in [-0.25, -0.2) is 0 Å². The molecule has 3 nitrogen and oxygen atoms in total. The molecule has 0 N–H and O–H groups in total. The first-order valence-electron chi connectivity index (χ1n) is 10.9. The summed E-state index contributed by atoms with van der Waals surface area (Å²) in [5.74, 6) is 4.21. The molecule has 0 saturated carbocycles. The summed E-state index contributed by atoms with van der Waals surface area (Å²) in [6, 6.07) is 29.4. The zero-order valence-corrected chi connectivity index (χ0v) is 19.4. The molecule has 0 bridgehead atoms. The third-order valence-electron chi connectivity index (χ3n) is 4.62. The maximum atomic E-state index is 6.07. The number of ether oxygens (including phenoxy) is 3. The van der Waals surface area contributed by atoms with Crippen molar-refractivity contribution in [2.45, 2.75) is 34.6 Å². The lowest BCUT2D eigenvalue weighted by Gasteiger charge is -2.13. The highest BCUT2D eigenvalue weighted by atomic mass is 16.5. The predicted octanol–water partition coefficient (Wildman–Crippen LogP) is 9.01. The molecule has 0 aliphatic heterocycles. The molecule has 0 aliphatic carbocycles. The fourth-order valence-electron chi connectivity index (χ4n) is 2.95. The van der Waals surface area contributed by atoms with E-state index < -0.39 is 0 Å². The molecular weight excluding hydrogens is 396 g/mol. The molecule has 32 heavy (non-hydrogen) atoms. The molecule has 3 heteroatoms. The molecule has 0 aromatic heterocycles. The Morgan fingerprint density at radius 3 is 0.781 bits per heavy atom. The molecule has 164 valence electrons. The smallest absolute Gasteiger partial charge is 0.134 e. The summed E-state index contributed by atoms with van der Waals surface area (Å²) in [5, 5.41) is 0. The predicted molar refractivity (Wildman–Crippen MR) is 132 cm³/mol. The van der Waals surface area contributed by atoms with E-state index in [0.717, 1.165) is 17.2 Å². The Balaban J connectivity index is 0.00000141. The van der Waals surface area contributed by atoms with E-state index in [1.165, 1.54) is 16.7 Å². The van der Waals surface area contributed by atoms with Crippen molar-refractivity contribution in [3.8, 4) is 34.5 Å². The van der Waals surface area contributed by atoms with Crippen LogP contribution in [-0.4, -0.2) is 0 Å². The second kappa shape index (κ2) is 11.1. The van der Waals surface area contributed by atoms with Crippen LogP contribution in [-0.2, 0) is 0 Å². The van der Waals surface area contributed by atoms with Crippen LogP contribution in [0.2, 0.25) is 0 Å². The molecule has 4 rings (SSSR count). The van der Waals surface area contributed by atoms with Crippen LogP contribution < -0.4 is 14.2 Å². The van der Waals surface area contributed by atoms with Crippen LogP contribution >= 0.6 is 0 Å². The van der Waals surface area contributed by atoms with Crippen LogP contribution in [0.4, 0.5) is 0 Å². The second-order valence-corrected chi connectivity index (χ2v) is 7.39. The van der Waals surface area contributed by atoms with E-state index in [4.69, 9.17) is 14.2 Å². The molecule has 4 aromatic rings. The van der Waals surface area contributed by atoms with Gasteiger partial charge in [-0.2, -0.15) is 0 Å². The molecule has 0 unspecified atom stereocenters. The summed E-state index contributed by atoms with van der Waals surface area (Å²) in [5.41, 5.74) is 3.55. The zero-order valence-electron chi connectivity index (χ0n) is 19.4. The largest absolute Gasteiger partial charge is 0.457 e. The first-order chi connectivity index (χ1) is 15.5. The number of hydrogen-bond donors (Lipinski definition) is 0. The SMILES string of the molecule is CC.Cc1ccc(Oc2cc(Oc3ccc(C)cc3)cc(Oc3ccc(C)cc3)c2)cc1. The Kier molecular flexibility index (Phi) is 7.93. The topological polar surface area (TPSA) is 27.7 Å². The van der Waals surface area contributed by atoms with Crippen molar-refractivity contribution < 1.29 is 14.2 Å². The standard InChI is InChI=1S/C27H24O3.C2H6/c1-19-4-10-22(11-5-19)28-25-16-26(29-23-12-6-20(2)7-13-23)18-27(17-25)30-24-14-8-21(3)9-15-24;1-2/h4-18H,1-3H3;1-2H3. The molecule has 0 fully saturated rings. The van der Waals surface area contributed by atoms with Gasteiger partial charge >= 0.3 is 0 Å². The molecule has 0 amide bonds.